The first-order chi connectivity index (χ1) is 15.9. The number of pyridine rings is 1. The fourth-order valence-electron chi connectivity index (χ4n) is 3.76. The van der Waals surface area contributed by atoms with Gasteiger partial charge in [0.1, 0.15) is 0 Å². The predicted molar refractivity (Wildman–Crippen MR) is 131 cm³/mol. The maximum absolute atomic E-state index is 13.5. The Hall–Kier alpha value is -3.21. The van der Waals surface area contributed by atoms with Gasteiger partial charge in [-0.05, 0) is 17.7 Å². The number of ketones is 1. The quantitative estimate of drug-likeness (QED) is 0.585. The van der Waals surface area contributed by atoms with Gasteiger partial charge in [-0.1, -0.05) is 24.3 Å². The van der Waals surface area contributed by atoms with Crippen molar-refractivity contribution >= 4 is 45.0 Å². The molecule has 2 heterocycles. The van der Waals surface area contributed by atoms with Gasteiger partial charge in [0, 0.05) is 53.7 Å². The van der Waals surface area contributed by atoms with E-state index >= 15 is 0 Å². The number of nitrogens with one attached hydrogen (secondary N) is 1. The largest absolute Gasteiger partial charge is 0.404 e. The zero-order chi connectivity index (χ0) is 23.4. The molecule has 3 N–H and O–H groups in total. The SMILES string of the molecule is CN=CC(=CN)c1cnc2c(c1)C(=O)C1C=C(CS(=O)(=O)NCc3cscn3)C=C[C@H]1C=C2. The van der Waals surface area contributed by atoms with E-state index in [1.807, 2.05) is 18.2 Å². The zero-order valence-corrected chi connectivity index (χ0v) is 19.5. The van der Waals surface area contributed by atoms with Gasteiger partial charge in [-0.2, -0.15) is 0 Å². The molecule has 170 valence electrons. The highest BCUT2D eigenvalue weighted by Gasteiger charge is 2.31. The lowest BCUT2D eigenvalue weighted by molar-refractivity contribution is 0.0931. The van der Waals surface area contributed by atoms with Crippen molar-refractivity contribution in [3.8, 4) is 0 Å². The summed E-state index contributed by atoms with van der Waals surface area (Å²) in [6.45, 7) is 0.135. The molecule has 0 spiro atoms. The van der Waals surface area contributed by atoms with Crippen LogP contribution in [0.15, 0.2) is 64.2 Å². The Bertz CT molecular complexity index is 1310. The normalized spacial score (nSPS) is 20.5. The molecule has 0 amide bonds. The van der Waals surface area contributed by atoms with Crippen molar-refractivity contribution < 1.29 is 13.2 Å². The number of Topliss-reactive ketones (excluding diaryl/α,β-unsaturated/α-hetero) is 1. The van der Waals surface area contributed by atoms with Crippen molar-refractivity contribution in [1.82, 2.24) is 14.7 Å². The Kier molecular flexibility index (Phi) is 6.77. The van der Waals surface area contributed by atoms with Crippen LogP contribution in [0.2, 0.25) is 0 Å². The number of rotatable bonds is 7. The van der Waals surface area contributed by atoms with E-state index < -0.39 is 15.9 Å². The number of nitrogens with two attached hydrogens (primary N) is 1. The molecular weight excluding hydrogens is 458 g/mol. The fourth-order valence-corrected chi connectivity index (χ4v) is 5.42. The van der Waals surface area contributed by atoms with Gasteiger partial charge in [0.25, 0.3) is 0 Å². The molecule has 1 unspecified atom stereocenters. The Morgan fingerprint density at radius 2 is 2.12 bits per heavy atom. The van der Waals surface area contributed by atoms with Gasteiger partial charge in [0.2, 0.25) is 10.0 Å². The number of hydrogen-bond acceptors (Lipinski definition) is 8. The second-order valence-electron chi connectivity index (χ2n) is 7.65. The minimum Gasteiger partial charge on any atom is -0.404 e. The molecule has 2 atom stereocenters. The van der Waals surface area contributed by atoms with Gasteiger partial charge in [0.15, 0.2) is 5.78 Å². The Morgan fingerprint density at radius 3 is 2.85 bits per heavy atom. The fraction of sp³-hybridized carbons (Fsp3) is 0.217. The van der Waals surface area contributed by atoms with E-state index in [-0.39, 0.29) is 24.0 Å². The molecule has 2 aromatic rings. The molecule has 2 aromatic heterocycles. The van der Waals surface area contributed by atoms with Crippen LogP contribution in [0.3, 0.4) is 0 Å². The number of aliphatic imine (C=N–C) groups is 1. The third-order valence-corrected chi connectivity index (χ3v) is 7.33. The summed E-state index contributed by atoms with van der Waals surface area (Å²) in [5, 5.41) is 1.79. The molecular formula is C23H23N5O3S2. The number of carbonyl (C=O) groups excluding carboxylic acids is 1. The lowest BCUT2D eigenvalue weighted by Crippen LogP contribution is -2.28. The minimum absolute atomic E-state index is 0.117. The predicted octanol–water partition coefficient (Wildman–Crippen LogP) is 2.60. The van der Waals surface area contributed by atoms with Crippen molar-refractivity contribution in [1.29, 1.82) is 0 Å². The van der Waals surface area contributed by atoms with Gasteiger partial charge in [0.05, 0.1) is 35.1 Å². The second-order valence-corrected chi connectivity index (χ2v) is 10.2. The number of nitrogens with zero attached hydrogens (tertiary/aromatic N) is 3. The van der Waals surface area contributed by atoms with Crippen LogP contribution in [-0.4, -0.2) is 43.2 Å². The third kappa shape index (κ3) is 5.24. The Labute approximate surface area is 196 Å². The van der Waals surface area contributed by atoms with E-state index in [1.165, 1.54) is 17.5 Å². The van der Waals surface area contributed by atoms with Crippen molar-refractivity contribution in [2.45, 2.75) is 6.54 Å². The average Bonchev–Trinajstić information content (AvgIpc) is 3.29. The summed E-state index contributed by atoms with van der Waals surface area (Å²) in [5.41, 5.74) is 11.0. The summed E-state index contributed by atoms with van der Waals surface area (Å²) in [6, 6.07) is 1.76. The van der Waals surface area contributed by atoms with Gasteiger partial charge in [-0.15, -0.1) is 11.3 Å². The van der Waals surface area contributed by atoms with Crippen LogP contribution in [-0.2, 0) is 16.6 Å². The smallest absolute Gasteiger partial charge is 0.216 e. The number of aromatic nitrogens is 2. The highest BCUT2D eigenvalue weighted by atomic mass is 32.2. The maximum Gasteiger partial charge on any atom is 0.216 e. The maximum atomic E-state index is 13.5. The lowest BCUT2D eigenvalue weighted by Gasteiger charge is -2.22. The van der Waals surface area contributed by atoms with E-state index in [4.69, 9.17) is 5.73 Å². The molecule has 0 saturated heterocycles. The molecule has 10 heteroatoms. The van der Waals surface area contributed by atoms with E-state index in [0.29, 0.717) is 33.7 Å². The molecule has 0 bridgehead atoms. The zero-order valence-electron chi connectivity index (χ0n) is 17.9. The number of hydrogen-bond donors (Lipinski definition) is 2. The van der Waals surface area contributed by atoms with Gasteiger partial charge < -0.3 is 5.73 Å². The number of sulfonamides is 1. The van der Waals surface area contributed by atoms with Crippen LogP contribution in [0.5, 0.6) is 0 Å². The highest BCUT2D eigenvalue weighted by Crippen LogP contribution is 2.33. The monoisotopic (exact) mass is 481 g/mol. The summed E-state index contributed by atoms with van der Waals surface area (Å²) in [7, 11) is -1.95. The molecule has 0 fully saturated rings. The number of carbonyl (C=O) groups is 1. The minimum atomic E-state index is -3.59. The topological polar surface area (TPSA) is 127 Å². The first-order valence-electron chi connectivity index (χ1n) is 10.2. The van der Waals surface area contributed by atoms with Crippen molar-refractivity contribution in [2.24, 2.45) is 22.6 Å². The molecule has 2 aliphatic carbocycles. The molecule has 0 saturated carbocycles. The first-order valence-corrected chi connectivity index (χ1v) is 12.8. The van der Waals surface area contributed by atoms with Crippen LogP contribution in [0.4, 0.5) is 0 Å². The molecule has 0 radical (unpaired) electrons. The van der Waals surface area contributed by atoms with E-state index in [1.54, 1.807) is 48.6 Å². The van der Waals surface area contributed by atoms with E-state index in [9.17, 15) is 13.2 Å². The van der Waals surface area contributed by atoms with Crippen molar-refractivity contribution in [3.05, 3.63) is 81.7 Å². The Balaban J connectivity index is 1.57. The standard InChI is InChI=1S/C23H23N5O3S2/c1-25-9-18(8-24)17-7-21-22(26-10-17)5-4-16-3-2-15(6-20(16)23(21)29)13-33(30,31)28-11-19-12-32-14-27-19/h2-10,12,14,16,20,28H,11,13,24H2,1H3/t16-,20?/m0/s1. The van der Waals surface area contributed by atoms with Gasteiger partial charge in [-0.25, -0.2) is 18.1 Å². The number of thiazole rings is 1. The van der Waals surface area contributed by atoms with E-state index in [2.05, 4.69) is 19.7 Å². The highest BCUT2D eigenvalue weighted by molar-refractivity contribution is 7.89. The summed E-state index contributed by atoms with van der Waals surface area (Å²) in [5.74, 6) is -1.02. The summed E-state index contributed by atoms with van der Waals surface area (Å²) in [4.78, 5) is 26.0. The molecule has 33 heavy (non-hydrogen) atoms. The van der Waals surface area contributed by atoms with Crippen LogP contribution in [0.25, 0.3) is 11.6 Å². The summed E-state index contributed by atoms with van der Waals surface area (Å²) < 4.78 is 27.7. The number of allylic oxidation sites excluding steroid dienone is 5. The van der Waals surface area contributed by atoms with E-state index in [0.717, 1.165) is 0 Å². The lowest BCUT2D eigenvalue weighted by atomic mass is 9.82. The second kappa shape index (κ2) is 9.74. The molecule has 8 nitrogen and oxygen atoms in total. The van der Waals surface area contributed by atoms with Crippen LogP contribution in [0.1, 0.15) is 27.3 Å². The molecule has 4 rings (SSSR count). The summed E-state index contributed by atoms with van der Waals surface area (Å²) in [6.07, 6.45) is 13.8. The first kappa shape index (κ1) is 23.0. The average molecular weight is 482 g/mol. The van der Waals surface area contributed by atoms with Gasteiger partial charge >= 0.3 is 0 Å². The molecule has 0 aromatic carbocycles. The Morgan fingerprint density at radius 1 is 1.30 bits per heavy atom. The molecule has 2 aliphatic rings. The van der Waals surface area contributed by atoms with Gasteiger partial charge in [-0.3, -0.25) is 14.8 Å². The third-order valence-electron chi connectivity index (χ3n) is 5.40. The van der Waals surface area contributed by atoms with Crippen molar-refractivity contribution in [2.75, 3.05) is 12.8 Å². The molecule has 0 aliphatic heterocycles. The number of fused-ring (bicyclic) bond motifs is 2. The summed E-state index contributed by atoms with van der Waals surface area (Å²) >= 11 is 1.41. The van der Waals surface area contributed by atoms with Crippen LogP contribution < -0.4 is 10.5 Å². The van der Waals surface area contributed by atoms with Crippen molar-refractivity contribution in [3.63, 3.8) is 0 Å². The van der Waals surface area contributed by atoms with Crippen LogP contribution in [0, 0.1) is 11.8 Å². The van der Waals surface area contributed by atoms with Crippen LogP contribution >= 0.6 is 11.3 Å².